The van der Waals surface area contributed by atoms with E-state index >= 15 is 0 Å². The molecular formula is C27H31N7O2. The van der Waals surface area contributed by atoms with E-state index in [1.165, 1.54) is 18.4 Å². The first-order valence-corrected chi connectivity index (χ1v) is 12.7. The van der Waals surface area contributed by atoms with Crippen molar-refractivity contribution in [2.45, 2.75) is 39.2 Å². The van der Waals surface area contributed by atoms with Gasteiger partial charge in [-0.3, -0.25) is 9.88 Å². The van der Waals surface area contributed by atoms with Gasteiger partial charge in [-0.05, 0) is 67.1 Å². The number of pyridine rings is 1. The number of oxime groups is 1. The zero-order valence-corrected chi connectivity index (χ0v) is 20.8. The first-order valence-electron chi connectivity index (χ1n) is 12.7. The summed E-state index contributed by atoms with van der Waals surface area (Å²) in [6.45, 7) is 9.13. The number of rotatable bonds is 8. The Kier molecular flexibility index (Phi) is 6.33. The molecule has 1 aliphatic heterocycles. The van der Waals surface area contributed by atoms with Gasteiger partial charge < -0.3 is 9.57 Å². The Balaban J connectivity index is 1.25. The van der Waals surface area contributed by atoms with E-state index in [0.717, 1.165) is 66.5 Å². The standard InChI is InChI=1S/C27H31N7O2/c1-18(22-5-6-25-23(14-22)13-21(15-28-25)16-33-9-11-35-12-10-33)27-30-29-26-8-7-24(31-34(26)27)19(2)32-36-17-20-3-4-20/h5-8,13-15,18,20H,3-4,9-12,16-17H2,1-2H3. The Hall–Kier alpha value is -3.43. The average molecular weight is 486 g/mol. The topological polar surface area (TPSA) is 90.0 Å². The molecule has 9 nitrogen and oxygen atoms in total. The molecule has 1 saturated heterocycles. The largest absolute Gasteiger partial charge is 0.395 e. The Labute approximate surface area is 210 Å². The van der Waals surface area contributed by atoms with E-state index in [2.05, 4.69) is 51.4 Å². The summed E-state index contributed by atoms with van der Waals surface area (Å²) in [6.07, 6.45) is 4.46. The van der Waals surface area contributed by atoms with Crippen LogP contribution >= 0.6 is 0 Å². The van der Waals surface area contributed by atoms with Crippen LogP contribution in [0, 0.1) is 5.92 Å². The molecule has 1 aromatic carbocycles. The van der Waals surface area contributed by atoms with Gasteiger partial charge in [0.05, 0.1) is 18.7 Å². The molecule has 3 aromatic heterocycles. The van der Waals surface area contributed by atoms with Gasteiger partial charge in [-0.2, -0.15) is 9.61 Å². The van der Waals surface area contributed by atoms with Crippen LogP contribution in [0.15, 0.2) is 47.8 Å². The van der Waals surface area contributed by atoms with E-state index in [4.69, 9.17) is 19.7 Å². The van der Waals surface area contributed by atoms with Crippen molar-refractivity contribution in [3.63, 3.8) is 0 Å². The molecule has 0 amide bonds. The maximum Gasteiger partial charge on any atom is 0.177 e. The lowest BCUT2D eigenvalue weighted by Crippen LogP contribution is -2.35. The fraction of sp³-hybridized carbons (Fsp3) is 0.444. The quantitative estimate of drug-likeness (QED) is 0.277. The van der Waals surface area contributed by atoms with E-state index in [1.807, 2.05) is 29.8 Å². The normalized spacial score (nSPS) is 18.1. The Morgan fingerprint density at radius 2 is 2.00 bits per heavy atom. The van der Waals surface area contributed by atoms with Crippen LogP contribution in [0.25, 0.3) is 16.6 Å². The molecule has 0 N–H and O–H groups in total. The SMILES string of the molecule is CC(=NOCC1CC1)c1ccc2nnc(C(C)c3ccc4ncc(CN5CCOCC5)cc4c3)n2n1. The van der Waals surface area contributed by atoms with Gasteiger partial charge >= 0.3 is 0 Å². The van der Waals surface area contributed by atoms with Gasteiger partial charge in [0, 0.05) is 37.1 Å². The van der Waals surface area contributed by atoms with Crippen molar-refractivity contribution in [2.75, 3.05) is 32.9 Å². The highest BCUT2D eigenvalue weighted by molar-refractivity contribution is 5.96. The predicted molar refractivity (Wildman–Crippen MR) is 137 cm³/mol. The molecule has 4 heterocycles. The van der Waals surface area contributed by atoms with Gasteiger partial charge in [0.2, 0.25) is 0 Å². The molecule has 36 heavy (non-hydrogen) atoms. The van der Waals surface area contributed by atoms with Gasteiger partial charge in [-0.1, -0.05) is 18.1 Å². The van der Waals surface area contributed by atoms with Gasteiger partial charge in [-0.25, -0.2) is 0 Å². The van der Waals surface area contributed by atoms with E-state index in [1.54, 1.807) is 0 Å². The van der Waals surface area contributed by atoms with Gasteiger partial charge in [0.1, 0.15) is 18.0 Å². The summed E-state index contributed by atoms with van der Waals surface area (Å²) in [5.41, 5.74) is 5.56. The molecule has 0 bridgehead atoms. The summed E-state index contributed by atoms with van der Waals surface area (Å²) < 4.78 is 7.29. The summed E-state index contributed by atoms with van der Waals surface area (Å²) in [5, 5.41) is 19.0. The highest BCUT2D eigenvalue weighted by Crippen LogP contribution is 2.29. The molecule has 186 valence electrons. The van der Waals surface area contributed by atoms with Crippen LogP contribution in [0.4, 0.5) is 0 Å². The van der Waals surface area contributed by atoms with Crippen LogP contribution in [0.5, 0.6) is 0 Å². The van der Waals surface area contributed by atoms with Crippen LogP contribution in [-0.4, -0.2) is 68.3 Å². The molecule has 1 atom stereocenters. The lowest BCUT2D eigenvalue weighted by Gasteiger charge is -2.26. The second kappa shape index (κ2) is 9.91. The second-order valence-electron chi connectivity index (χ2n) is 9.87. The number of hydrogen-bond acceptors (Lipinski definition) is 8. The first-order chi connectivity index (χ1) is 17.6. The van der Waals surface area contributed by atoms with Crippen molar-refractivity contribution in [2.24, 2.45) is 11.1 Å². The number of morpholine rings is 1. The molecule has 2 fully saturated rings. The molecule has 0 spiro atoms. The average Bonchev–Trinajstić information content (AvgIpc) is 3.64. The van der Waals surface area contributed by atoms with Crippen LogP contribution < -0.4 is 0 Å². The molecular weight excluding hydrogens is 454 g/mol. The van der Waals surface area contributed by atoms with Crippen LogP contribution in [0.1, 0.15) is 55.3 Å². The van der Waals surface area contributed by atoms with E-state index in [0.29, 0.717) is 18.2 Å². The molecule has 9 heteroatoms. The van der Waals surface area contributed by atoms with Crippen molar-refractivity contribution in [3.8, 4) is 0 Å². The fourth-order valence-corrected chi connectivity index (χ4v) is 4.56. The third-order valence-corrected chi connectivity index (χ3v) is 7.03. The Bertz CT molecular complexity index is 1410. The minimum atomic E-state index is -0.00147. The highest BCUT2D eigenvalue weighted by atomic mass is 16.6. The van der Waals surface area contributed by atoms with Crippen LogP contribution in [0.2, 0.25) is 0 Å². The Morgan fingerprint density at radius 3 is 2.83 bits per heavy atom. The lowest BCUT2D eigenvalue weighted by molar-refractivity contribution is 0.0341. The van der Waals surface area contributed by atoms with E-state index in [9.17, 15) is 0 Å². The summed E-state index contributed by atoms with van der Waals surface area (Å²) in [4.78, 5) is 12.6. The maximum absolute atomic E-state index is 5.51. The zero-order valence-electron chi connectivity index (χ0n) is 20.8. The summed E-state index contributed by atoms with van der Waals surface area (Å²) >= 11 is 0. The fourth-order valence-electron chi connectivity index (χ4n) is 4.56. The highest BCUT2D eigenvalue weighted by Gasteiger charge is 2.22. The minimum absolute atomic E-state index is 0.00147. The summed E-state index contributed by atoms with van der Waals surface area (Å²) in [7, 11) is 0. The molecule has 1 aliphatic carbocycles. The smallest absolute Gasteiger partial charge is 0.177 e. The maximum atomic E-state index is 5.51. The van der Waals surface area contributed by atoms with Crippen LogP contribution in [-0.2, 0) is 16.1 Å². The molecule has 1 saturated carbocycles. The van der Waals surface area contributed by atoms with E-state index in [-0.39, 0.29) is 5.92 Å². The first kappa shape index (κ1) is 23.0. The van der Waals surface area contributed by atoms with Crippen molar-refractivity contribution >= 4 is 22.3 Å². The van der Waals surface area contributed by atoms with Crippen molar-refractivity contribution < 1.29 is 9.57 Å². The molecule has 0 radical (unpaired) electrons. The molecule has 1 unspecified atom stereocenters. The monoisotopic (exact) mass is 485 g/mol. The summed E-state index contributed by atoms with van der Waals surface area (Å²) in [6, 6.07) is 12.5. The Morgan fingerprint density at radius 1 is 1.14 bits per heavy atom. The van der Waals surface area contributed by atoms with Gasteiger partial charge in [0.15, 0.2) is 11.5 Å². The van der Waals surface area contributed by atoms with Crippen molar-refractivity contribution in [1.82, 2.24) is 29.7 Å². The predicted octanol–water partition coefficient (Wildman–Crippen LogP) is 3.81. The number of aromatic nitrogens is 5. The number of hydrogen-bond donors (Lipinski definition) is 0. The number of fused-ring (bicyclic) bond motifs is 2. The van der Waals surface area contributed by atoms with Gasteiger partial charge in [-0.15, -0.1) is 10.2 Å². The second-order valence-corrected chi connectivity index (χ2v) is 9.87. The number of nitrogens with zero attached hydrogens (tertiary/aromatic N) is 7. The zero-order chi connectivity index (χ0) is 24.5. The number of ether oxygens (including phenoxy) is 1. The molecule has 6 rings (SSSR count). The lowest BCUT2D eigenvalue weighted by atomic mass is 9.98. The van der Waals surface area contributed by atoms with E-state index < -0.39 is 0 Å². The third-order valence-electron chi connectivity index (χ3n) is 7.03. The third kappa shape index (κ3) is 4.94. The number of benzene rings is 1. The molecule has 4 aromatic rings. The van der Waals surface area contributed by atoms with Crippen molar-refractivity contribution in [3.05, 3.63) is 65.2 Å². The van der Waals surface area contributed by atoms with Gasteiger partial charge in [0.25, 0.3) is 0 Å². The molecule has 2 aliphatic rings. The van der Waals surface area contributed by atoms with Crippen molar-refractivity contribution in [1.29, 1.82) is 0 Å². The summed E-state index contributed by atoms with van der Waals surface area (Å²) in [5.74, 6) is 1.45. The minimum Gasteiger partial charge on any atom is -0.395 e. The van der Waals surface area contributed by atoms with Crippen LogP contribution in [0.3, 0.4) is 0 Å².